The predicted octanol–water partition coefficient (Wildman–Crippen LogP) is 2.49. The molecule has 3 aliphatic rings. The maximum atomic E-state index is 6.12. The Morgan fingerprint density at radius 2 is 2.33 bits per heavy atom. The van der Waals surface area contributed by atoms with E-state index < -0.39 is 0 Å². The monoisotopic (exact) mass is 203 g/mol. The molecule has 3 rings (SSSR count). The molecule has 1 fully saturated rings. The van der Waals surface area contributed by atoms with Gasteiger partial charge < -0.3 is 10.5 Å². The SMILES string of the molecule is CC12CCC=CC1C1CC=CC(N)=C1O2. The Labute approximate surface area is 90.5 Å². The first-order chi connectivity index (χ1) is 7.21. The first-order valence-electron chi connectivity index (χ1n) is 5.72. The molecule has 0 saturated carbocycles. The predicted molar refractivity (Wildman–Crippen MR) is 59.8 cm³/mol. The van der Waals surface area contributed by atoms with Gasteiger partial charge in [0.05, 0.1) is 5.70 Å². The molecule has 15 heavy (non-hydrogen) atoms. The van der Waals surface area contributed by atoms with E-state index in [1.807, 2.05) is 6.08 Å². The van der Waals surface area contributed by atoms with E-state index in [0.29, 0.717) is 11.8 Å². The molecule has 2 aliphatic carbocycles. The van der Waals surface area contributed by atoms with Crippen LogP contribution in [0.4, 0.5) is 0 Å². The highest BCUT2D eigenvalue weighted by atomic mass is 16.5. The van der Waals surface area contributed by atoms with E-state index in [1.54, 1.807) is 0 Å². The van der Waals surface area contributed by atoms with E-state index in [1.165, 1.54) is 0 Å². The fourth-order valence-electron chi connectivity index (χ4n) is 3.10. The van der Waals surface area contributed by atoms with Crippen LogP contribution in [0.5, 0.6) is 0 Å². The van der Waals surface area contributed by atoms with E-state index in [4.69, 9.17) is 10.5 Å². The number of ether oxygens (including phenoxy) is 1. The minimum absolute atomic E-state index is 0.00854. The number of allylic oxidation sites excluding steroid dienone is 4. The summed E-state index contributed by atoms with van der Waals surface area (Å²) in [4.78, 5) is 0. The number of fused-ring (bicyclic) bond motifs is 3. The Morgan fingerprint density at radius 1 is 1.47 bits per heavy atom. The molecular weight excluding hydrogens is 186 g/mol. The molecule has 2 nitrogen and oxygen atoms in total. The van der Waals surface area contributed by atoms with E-state index in [-0.39, 0.29) is 5.60 Å². The van der Waals surface area contributed by atoms with Gasteiger partial charge in [-0.3, -0.25) is 0 Å². The molecular formula is C13H17NO. The van der Waals surface area contributed by atoms with Crippen molar-refractivity contribution in [2.24, 2.45) is 17.6 Å². The maximum Gasteiger partial charge on any atom is 0.124 e. The lowest BCUT2D eigenvalue weighted by Crippen LogP contribution is -2.34. The second kappa shape index (κ2) is 2.91. The van der Waals surface area contributed by atoms with Crippen LogP contribution in [0.1, 0.15) is 26.2 Å². The summed E-state index contributed by atoms with van der Waals surface area (Å²) < 4.78 is 6.12. The second-order valence-corrected chi connectivity index (χ2v) is 4.97. The highest BCUT2D eigenvalue weighted by Gasteiger charge is 2.50. The van der Waals surface area contributed by atoms with Gasteiger partial charge in [-0.1, -0.05) is 18.2 Å². The zero-order valence-electron chi connectivity index (χ0n) is 9.07. The van der Waals surface area contributed by atoms with E-state index in [2.05, 4.69) is 25.2 Å². The molecule has 0 aromatic rings. The molecule has 3 atom stereocenters. The lowest BCUT2D eigenvalue weighted by molar-refractivity contribution is 0.0243. The molecule has 1 saturated heterocycles. The van der Waals surface area contributed by atoms with E-state index in [9.17, 15) is 0 Å². The summed E-state index contributed by atoms with van der Waals surface area (Å²) in [5, 5.41) is 0. The highest BCUT2D eigenvalue weighted by Crippen LogP contribution is 2.51. The summed E-state index contributed by atoms with van der Waals surface area (Å²) in [5.74, 6) is 2.04. The molecule has 2 N–H and O–H groups in total. The van der Waals surface area contributed by atoms with Crippen LogP contribution < -0.4 is 5.73 Å². The summed E-state index contributed by atoms with van der Waals surface area (Å²) in [6.07, 6.45) is 12.1. The zero-order valence-corrected chi connectivity index (χ0v) is 9.07. The van der Waals surface area contributed by atoms with Crippen molar-refractivity contribution in [1.29, 1.82) is 0 Å². The number of nitrogens with two attached hydrogens (primary N) is 1. The van der Waals surface area contributed by atoms with Crippen LogP contribution in [0.25, 0.3) is 0 Å². The summed E-state index contributed by atoms with van der Waals surface area (Å²) in [6, 6.07) is 0. The van der Waals surface area contributed by atoms with Gasteiger partial charge in [-0.05, 0) is 32.3 Å². The van der Waals surface area contributed by atoms with Crippen molar-refractivity contribution in [2.45, 2.75) is 31.8 Å². The third-order valence-electron chi connectivity index (χ3n) is 3.94. The zero-order chi connectivity index (χ0) is 10.5. The molecule has 1 heterocycles. The standard InChI is InChI=1S/C13H17NO/c1-13-8-3-2-6-10(13)9-5-4-7-11(14)12(9)15-13/h2,4,6-7,9-10H,3,5,8,14H2,1H3. The topological polar surface area (TPSA) is 35.2 Å². The number of hydrogen-bond donors (Lipinski definition) is 1. The smallest absolute Gasteiger partial charge is 0.124 e. The Kier molecular flexibility index (Phi) is 1.76. The van der Waals surface area contributed by atoms with Gasteiger partial charge in [0, 0.05) is 11.8 Å². The van der Waals surface area contributed by atoms with Gasteiger partial charge in [0.1, 0.15) is 11.4 Å². The van der Waals surface area contributed by atoms with Crippen LogP contribution in [0, 0.1) is 11.8 Å². The van der Waals surface area contributed by atoms with Crippen LogP contribution in [0.3, 0.4) is 0 Å². The van der Waals surface area contributed by atoms with Crippen molar-refractivity contribution in [2.75, 3.05) is 0 Å². The average molecular weight is 203 g/mol. The highest BCUT2D eigenvalue weighted by molar-refractivity contribution is 5.32. The van der Waals surface area contributed by atoms with Crippen LogP contribution in [0.15, 0.2) is 35.8 Å². The van der Waals surface area contributed by atoms with E-state index >= 15 is 0 Å². The normalized spacial score (nSPS) is 42.5. The average Bonchev–Trinajstić information content (AvgIpc) is 2.52. The van der Waals surface area contributed by atoms with Crippen molar-refractivity contribution in [3.05, 3.63) is 35.8 Å². The minimum Gasteiger partial charge on any atom is -0.489 e. The molecule has 2 heteroatoms. The Bertz CT molecular complexity index is 380. The third kappa shape index (κ3) is 1.17. The molecule has 1 aliphatic heterocycles. The van der Waals surface area contributed by atoms with Crippen molar-refractivity contribution >= 4 is 0 Å². The first-order valence-corrected chi connectivity index (χ1v) is 5.72. The van der Waals surface area contributed by atoms with E-state index in [0.717, 1.165) is 30.7 Å². The van der Waals surface area contributed by atoms with Crippen LogP contribution in [0.2, 0.25) is 0 Å². The lowest BCUT2D eigenvalue weighted by Gasteiger charge is -2.32. The summed E-state index contributed by atoms with van der Waals surface area (Å²) in [6.45, 7) is 2.22. The summed E-state index contributed by atoms with van der Waals surface area (Å²) in [5.41, 5.74) is 6.80. The fraction of sp³-hybridized carbons (Fsp3) is 0.538. The van der Waals surface area contributed by atoms with Crippen molar-refractivity contribution in [3.63, 3.8) is 0 Å². The Morgan fingerprint density at radius 3 is 3.20 bits per heavy atom. The molecule has 0 amide bonds. The molecule has 0 aromatic carbocycles. The van der Waals surface area contributed by atoms with Gasteiger partial charge in [0.25, 0.3) is 0 Å². The summed E-state index contributed by atoms with van der Waals surface area (Å²) >= 11 is 0. The first kappa shape index (κ1) is 9.08. The summed E-state index contributed by atoms with van der Waals surface area (Å²) in [7, 11) is 0. The van der Waals surface area contributed by atoms with Gasteiger partial charge in [0.15, 0.2) is 0 Å². The van der Waals surface area contributed by atoms with Gasteiger partial charge in [-0.15, -0.1) is 0 Å². The van der Waals surface area contributed by atoms with Crippen LogP contribution in [-0.2, 0) is 4.74 Å². The van der Waals surface area contributed by atoms with Crippen molar-refractivity contribution in [3.8, 4) is 0 Å². The molecule has 80 valence electrons. The number of hydrogen-bond acceptors (Lipinski definition) is 2. The fourth-order valence-corrected chi connectivity index (χ4v) is 3.10. The van der Waals surface area contributed by atoms with Crippen LogP contribution >= 0.6 is 0 Å². The van der Waals surface area contributed by atoms with Gasteiger partial charge in [-0.25, -0.2) is 0 Å². The van der Waals surface area contributed by atoms with Crippen molar-refractivity contribution in [1.82, 2.24) is 0 Å². The quantitative estimate of drug-likeness (QED) is 0.614. The third-order valence-corrected chi connectivity index (χ3v) is 3.94. The number of rotatable bonds is 0. The molecule has 3 unspecified atom stereocenters. The lowest BCUT2D eigenvalue weighted by atomic mass is 9.74. The largest absolute Gasteiger partial charge is 0.489 e. The molecule has 0 bridgehead atoms. The second-order valence-electron chi connectivity index (χ2n) is 4.97. The van der Waals surface area contributed by atoms with Crippen LogP contribution in [-0.4, -0.2) is 5.60 Å². The van der Waals surface area contributed by atoms with Gasteiger partial charge in [0.2, 0.25) is 0 Å². The van der Waals surface area contributed by atoms with Crippen molar-refractivity contribution < 1.29 is 4.74 Å². The maximum absolute atomic E-state index is 6.12. The molecule has 0 radical (unpaired) electrons. The Balaban J connectivity index is 2.04. The van der Waals surface area contributed by atoms with Gasteiger partial charge in [-0.2, -0.15) is 0 Å². The molecule has 0 aromatic heterocycles. The Hall–Kier alpha value is -1.18. The minimum atomic E-state index is -0.00854. The van der Waals surface area contributed by atoms with Gasteiger partial charge >= 0.3 is 0 Å². The molecule has 0 spiro atoms.